The Balaban J connectivity index is 1.25. The summed E-state index contributed by atoms with van der Waals surface area (Å²) in [6, 6.07) is 17.1. The predicted octanol–water partition coefficient (Wildman–Crippen LogP) is 5.24. The van der Waals surface area contributed by atoms with Crippen LogP contribution in [0.2, 0.25) is 5.02 Å². The van der Waals surface area contributed by atoms with Crippen molar-refractivity contribution in [1.29, 1.82) is 0 Å². The highest BCUT2D eigenvalue weighted by molar-refractivity contribution is 6.31. The second-order valence-corrected chi connectivity index (χ2v) is 10.2. The van der Waals surface area contributed by atoms with Crippen LogP contribution in [0.5, 0.6) is 17.2 Å². The molecule has 3 aromatic rings. The van der Waals surface area contributed by atoms with Crippen molar-refractivity contribution >= 4 is 11.6 Å². The van der Waals surface area contributed by atoms with Crippen molar-refractivity contribution in [3.63, 3.8) is 0 Å². The fourth-order valence-electron chi connectivity index (χ4n) is 5.72. The van der Waals surface area contributed by atoms with Gasteiger partial charge in [-0.15, -0.1) is 0 Å². The monoisotopic (exact) mass is 491 g/mol. The van der Waals surface area contributed by atoms with E-state index >= 15 is 0 Å². The van der Waals surface area contributed by atoms with E-state index in [2.05, 4.69) is 41.3 Å². The third-order valence-corrected chi connectivity index (χ3v) is 7.85. The van der Waals surface area contributed by atoms with E-state index in [1.165, 1.54) is 22.3 Å². The molecule has 0 amide bonds. The molecule has 1 saturated heterocycles. The molecule has 1 N–H and O–H groups in total. The SMILES string of the molecule is COc1cc(C[C@H]2CCc3c(-c4ccc5c(c4)OCCO5)cccc32)c(Cl)cc1CN1CC(O)C1. The van der Waals surface area contributed by atoms with Gasteiger partial charge in [0.2, 0.25) is 0 Å². The first-order chi connectivity index (χ1) is 17.1. The van der Waals surface area contributed by atoms with Gasteiger partial charge in [0.1, 0.15) is 19.0 Å². The molecule has 0 bridgehead atoms. The smallest absolute Gasteiger partial charge is 0.161 e. The van der Waals surface area contributed by atoms with Crippen LogP contribution in [-0.4, -0.2) is 49.5 Å². The van der Waals surface area contributed by atoms with Gasteiger partial charge in [-0.2, -0.15) is 0 Å². The molecule has 0 saturated carbocycles. The van der Waals surface area contributed by atoms with Gasteiger partial charge in [0.25, 0.3) is 0 Å². The summed E-state index contributed by atoms with van der Waals surface area (Å²) >= 11 is 6.78. The topological polar surface area (TPSA) is 51.2 Å². The molecule has 1 atom stereocenters. The molecule has 5 nitrogen and oxygen atoms in total. The van der Waals surface area contributed by atoms with Crippen LogP contribution in [0.3, 0.4) is 0 Å². The van der Waals surface area contributed by atoms with Crippen molar-refractivity contribution in [2.24, 2.45) is 0 Å². The summed E-state index contributed by atoms with van der Waals surface area (Å²) in [5.74, 6) is 2.94. The Morgan fingerprint density at radius 3 is 2.66 bits per heavy atom. The Morgan fingerprint density at radius 2 is 1.86 bits per heavy atom. The molecular weight excluding hydrogens is 462 g/mol. The molecule has 0 unspecified atom stereocenters. The van der Waals surface area contributed by atoms with Crippen molar-refractivity contribution in [2.45, 2.75) is 37.8 Å². The summed E-state index contributed by atoms with van der Waals surface area (Å²) in [7, 11) is 1.71. The molecule has 0 spiro atoms. The normalized spacial score (nSPS) is 19.3. The predicted molar refractivity (Wildman–Crippen MR) is 137 cm³/mol. The average molecular weight is 492 g/mol. The number of aliphatic hydroxyl groups is 1. The Hall–Kier alpha value is -2.73. The lowest BCUT2D eigenvalue weighted by atomic mass is 9.90. The van der Waals surface area contributed by atoms with E-state index < -0.39 is 0 Å². The second kappa shape index (κ2) is 9.38. The van der Waals surface area contributed by atoms with Gasteiger partial charge >= 0.3 is 0 Å². The van der Waals surface area contributed by atoms with Crippen molar-refractivity contribution in [3.8, 4) is 28.4 Å². The van der Waals surface area contributed by atoms with Crippen molar-refractivity contribution < 1.29 is 19.3 Å². The Morgan fingerprint density at radius 1 is 1.03 bits per heavy atom. The minimum Gasteiger partial charge on any atom is -0.496 e. The molecule has 2 aliphatic heterocycles. The number of β-amino-alcohol motifs (C(OH)–C–C–N with tert-alkyl or cyclic N) is 1. The van der Waals surface area contributed by atoms with Crippen molar-refractivity contribution in [3.05, 3.63) is 75.8 Å². The van der Waals surface area contributed by atoms with Gasteiger partial charge in [-0.05, 0) is 77.3 Å². The second-order valence-electron chi connectivity index (χ2n) is 9.77. The van der Waals surface area contributed by atoms with Gasteiger partial charge in [-0.3, -0.25) is 4.90 Å². The summed E-state index contributed by atoms with van der Waals surface area (Å²) in [4.78, 5) is 2.20. The number of rotatable bonds is 6. The minimum atomic E-state index is -0.217. The van der Waals surface area contributed by atoms with E-state index in [1.54, 1.807) is 7.11 Å². The number of aliphatic hydroxyl groups excluding tert-OH is 1. The van der Waals surface area contributed by atoms with Gasteiger partial charge in [0.05, 0.1) is 13.2 Å². The number of nitrogens with zero attached hydrogens (tertiary/aromatic N) is 1. The summed E-state index contributed by atoms with van der Waals surface area (Å²) < 4.78 is 17.2. The third kappa shape index (κ3) is 4.37. The summed E-state index contributed by atoms with van der Waals surface area (Å²) in [6.07, 6.45) is 2.82. The van der Waals surface area contributed by atoms with Crippen LogP contribution in [0.1, 0.15) is 34.6 Å². The highest BCUT2D eigenvalue weighted by Crippen LogP contribution is 2.43. The Labute approximate surface area is 211 Å². The molecule has 182 valence electrons. The zero-order chi connectivity index (χ0) is 23.9. The van der Waals surface area contributed by atoms with E-state index in [9.17, 15) is 5.11 Å². The number of hydrogen-bond donors (Lipinski definition) is 1. The first-order valence-corrected chi connectivity index (χ1v) is 12.7. The third-order valence-electron chi connectivity index (χ3n) is 7.50. The van der Waals surface area contributed by atoms with E-state index in [-0.39, 0.29) is 6.10 Å². The van der Waals surface area contributed by atoms with Crippen LogP contribution in [0.15, 0.2) is 48.5 Å². The average Bonchev–Trinajstić information content (AvgIpc) is 3.27. The molecule has 3 aliphatic rings. The first kappa shape index (κ1) is 22.7. The molecular formula is C29H30ClNO4. The maximum Gasteiger partial charge on any atom is 0.161 e. The molecule has 35 heavy (non-hydrogen) atoms. The lowest BCUT2D eigenvalue weighted by Gasteiger charge is -2.36. The van der Waals surface area contributed by atoms with E-state index in [0.717, 1.165) is 59.2 Å². The van der Waals surface area contributed by atoms with Crippen LogP contribution in [0, 0.1) is 0 Å². The van der Waals surface area contributed by atoms with E-state index in [4.69, 9.17) is 25.8 Å². The van der Waals surface area contributed by atoms with Crippen LogP contribution < -0.4 is 14.2 Å². The maximum absolute atomic E-state index is 9.59. The van der Waals surface area contributed by atoms with E-state index in [0.29, 0.717) is 32.2 Å². The van der Waals surface area contributed by atoms with Gasteiger partial charge < -0.3 is 19.3 Å². The van der Waals surface area contributed by atoms with Crippen LogP contribution in [0.4, 0.5) is 0 Å². The van der Waals surface area contributed by atoms with E-state index in [1.807, 2.05) is 12.1 Å². The van der Waals surface area contributed by atoms with Crippen LogP contribution in [-0.2, 0) is 19.4 Å². The lowest BCUT2D eigenvalue weighted by molar-refractivity contribution is -0.00321. The van der Waals surface area contributed by atoms with Gasteiger partial charge in [0, 0.05) is 30.2 Å². The highest BCUT2D eigenvalue weighted by Gasteiger charge is 2.28. The highest BCUT2D eigenvalue weighted by atomic mass is 35.5. The zero-order valence-corrected chi connectivity index (χ0v) is 20.7. The molecule has 2 heterocycles. The number of ether oxygens (including phenoxy) is 3. The van der Waals surface area contributed by atoms with Crippen molar-refractivity contribution in [1.82, 2.24) is 4.90 Å². The number of likely N-dealkylation sites (tertiary alicyclic amines) is 1. The quantitative estimate of drug-likeness (QED) is 0.511. The molecule has 1 fully saturated rings. The lowest BCUT2D eigenvalue weighted by Crippen LogP contribution is -2.49. The fraction of sp³-hybridized carbons (Fsp3) is 0.379. The molecule has 0 radical (unpaired) electrons. The number of halogens is 1. The Kier molecular flexibility index (Phi) is 6.09. The van der Waals surface area contributed by atoms with Crippen LogP contribution >= 0.6 is 11.6 Å². The van der Waals surface area contributed by atoms with Gasteiger partial charge in [-0.1, -0.05) is 35.9 Å². The maximum atomic E-state index is 9.59. The molecule has 1 aliphatic carbocycles. The van der Waals surface area contributed by atoms with Gasteiger partial charge in [-0.25, -0.2) is 0 Å². The summed E-state index contributed by atoms with van der Waals surface area (Å²) in [6.45, 7) is 3.34. The zero-order valence-electron chi connectivity index (χ0n) is 19.9. The summed E-state index contributed by atoms with van der Waals surface area (Å²) in [5.41, 5.74) is 7.47. The van der Waals surface area contributed by atoms with Crippen LogP contribution in [0.25, 0.3) is 11.1 Å². The largest absolute Gasteiger partial charge is 0.496 e. The minimum absolute atomic E-state index is 0.217. The molecule has 6 rings (SSSR count). The molecule has 0 aromatic heterocycles. The number of fused-ring (bicyclic) bond motifs is 2. The number of benzene rings is 3. The standard InChI is InChI=1S/C29H30ClNO4/c1-33-28-14-20(26(30)12-21(28)15-31-16-22(32)17-31)11-18-5-7-25-23(18)3-2-4-24(25)19-6-8-27-29(13-19)35-10-9-34-27/h2-4,6,8,12-14,18,22,32H,5,7,9-11,15-17H2,1H3/t18-/m1/s1. The first-order valence-electron chi connectivity index (χ1n) is 12.4. The van der Waals surface area contributed by atoms with Gasteiger partial charge in [0.15, 0.2) is 11.5 Å². The number of methoxy groups -OCH3 is 1. The molecule has 3 aromatic carbocycles. The molecule has 6 heteroatoms. The number of hydrogen-bond acceptors (Lipinski definition) is 5. The summed E-state index contributed by atoms with van der Waals surface area (Å²) in [5, 5.41) is 10.4. The fourth-order valence-corrected chi connectivity index (χ4v) is 5.98. The van der Waals surface area contributed by atoms with Crippen molar-refractivity contribution in [2.75, 3.05) is 33.4 Å². The Bertz CT molecular complexity index is 1250.